The monoisotopic (exact) mass is 209 g/mol. The van der Waals surface area contributed by atoms with Crippen molar-refractivity contribution >= 4 is 11.9 Å². The first kappa shape index (κ1) is 9.33. The molecule has 0 bridgehead atoms. The van der Waals surface area contributed by atoms with Crippen molar-refractivity contribution in [1.82, 2.24) is 4.90 Å². The lowest BCUT2D eigenvalue weighted by molar-refractivity contribution is -0.167. The summed E-state index contributed by atoms with van der Waals surface area (Å²) in [7, 11) is 0. The topological polar surface area (TPSA) is 46.6 Å². The average Bonchev–Trinajstić information content (AvgIpc) is 2.96. The van der Waals surface area contributed by atoms with Crippen LogP contribution in [-0.4, -0.2) is 36.5 Å². The van der Waals surface area contributed by atoms with Gasteiger partial charge in [0.25, 0.3) is 0 Å². The summed E-state index contributed by atoms with van der Waals surface area (Å²) in [5.41, 5.74) is 0.456. The molecule has 0 spiro atoms. The molecule has 0 radical (unpaired) electrons. The maximum atomic E-state index is 11.1. The van der Waals surface area contributed by atoms with Gasteiger partial charge in [0.1, 0.15) is 0 Å². The van der Waals surface area contributed by atoms with Gasteiger partial charge >= 0.3 is 11.9 Å². The first-order valence-corrected chi connectivity index (χ1v) is 5.64. The smallest absolute Gasteiger partial charge is 0.327 e. The van der Waals surface area contributed by atoms with E-state index in [2.05, 4.69) is 4.74 Å². The number of cyclic esters (lactones) is 2. The van der Waals surface area contributed by atoms with Gasteiger partial charge in [-0.2, -0.15) is 0 Å². The van der Waals surface area contributed by atoms with Crippen LogP contribution in [0.15, 0.2) is 0 Å². The third-order valence-electron chi connectivity index (χ3n) is 3.81. The molecular weight excluding hydrogens is 194 g/mol. The molecule has 3 fully saturated rings. The largest absolute Gasteiger partial charge is 0.391 e. The molecule has 2 saturated carbocycles. The second-order valence-electron chi connectivity index (χ2n) is 5.13. The summed E-state index contributed by atoms with van der Waals surface area (Å²) >= 11 is 0. The quantitative estimate of drug-likeness (QED) is 0.503. The van der Waals surface area contributed by atoms with E-state index in [0.717, 1.165) is 12.5 Å². The molecule has 1 aliphatic heterocycles. The Morgan fingerprint density at radius 1 is 1.20 bits per heavy atom. The Morgan fingerprint density at radius 3 is 2.27 bits per heavy atom. The summed E-state index contributed by atoms with van der Waals surface area (Å²) in [5.74, 6) is 0.0845. The van der Waals surface area contributed by atoms with Crippen LogP contribution < -0.4 is 0 Å². The Bertz CT molecular complexity index is 302. The SMILES string of the molecule is O=C1CN(CC2(C3CC3)CC2)CC(=O)O1. The van der Waals surface area contributed by atoms with Crippen LogP contribution in [0.4, 0.5) is 0 Å². The molecule has 0 aromatic carbocycles. The van der Waals surface area contributed by atoms with E-state index in [0.29, 0.717) is 18.5 Å². The summed E-state index contributed by atoms with van der Waals surface area (Å²) in [6.45, 7) is 1.50. The molecule has 15 heavy (non-hydrogen) atoms. The number of hydrogen-bond donors (Lipinski definition) is 0. The molecule has 0 amide bonds. The number of carbonyl (C=O) groups excluding carboxylic acids is 2. The number of carbonyl (C=O) groups is 2. The van der Waals surface area contributed by atoms with Crippen LogP contribution in [0.5, 0.6) is 0 Å². The zero-order valence-corrected chi connectivity index (χ0v) is 8.70. The van der Waals surface area contributed by atoms with E-state index in [4.69, 9.17) is 0 Å². The van der Waals surface area contributed by atoms with Gasteiger partial charge in [0.15, 0.2) is 0 Å². The normalized spacial score (nSPS) is 30.1. The molecular formula is C11H15NO3. The minimum atomic E-state index is -0.391. The van der Waals surface area contributed by atoms with E-state index in [-0.39, 0.29) is 0 Å². The fourth-order valence-electron chi connectivity index (χ4n) is 2.72. The maximum Gasteiger partial charge on any atom is 0.327 e. The summed E-state index contributed by atoms with van der Waals surface area (Å²) in [4.78, 5) is 24.1. The predicted molar refractivity (Wildman–Crippen MR) is 51.9 cm³/mol. The number of rotatable bonds is 3. The molecule has 0 N–H and O–H groups in total. The molecule has 0 aromatic rings. The molecule has 0 aromatic heterocycles. The molecule has 0 unspecified atom stereocenters. The van der Waals surface area contributed by atoms with Crippen LogP contribution in [0.3, 0.4) is 0 Å². The Hall–Kier alpha value is -0.900. The zero-order valence-electron chi connectivity index (χ0n) is 8.70. The summed E-state index contributed by atoms with van der Waals surface area (Å²) in [6.07, 6.45) is 5.23. The van der Waals surface area contributed by atoms with Crippen LogP contribution in [0, 0.1) is 11.3 Å². The fourth-order valence-corrected chi connectivity index (χ4v) is 2.72. The molecule has 0 atom stereocenters. The Morgan fingerprint density at radius 2 is 1.80 bits per heavy atom. The van der Waals surface area contributed by atoms with Crippen LogP contribution >= 0.6 is 0 Å². The van der Waals surface area contributed by atoms with Crippen LogP contribution in [-0.2, 0) is 14.3 Å². The van der Waals surface area contributed by atoms with Crippen molar-refractivity contribution in [3.05, 3.63) is 0 Å². The lowest BCUT2D eigenvalue weighted by Gasteiger charge is -2.28. The van der Waals surface area contributed by atoms with Crippen molar-refractivity contribution in [2.24, 2.45) is 11.3 Å². The lowest BCUT2D eigenvalue weighted by atomic mass is 10.00. The molecule has 3 aliphatic rings. The third-order valence-corrected chi connectivity index (χ3v) is 3.81. The van der Waals surface area contributed by atoms with Crippen molar-refractivity contribution < 1.29 is 14.3 Å². The highest BCUT2D eigenvalue weighted by Crippen LogP contribution is 2.61. The third kappa shape index (κ3) is 1.78. The van der Waals surface area contributed by atoms with E-state index in [1.54, 1.807) is 0 Å². The number of morpholine rings is 1. The summed E-state index contributed by atoms with van der Waals surface area (Å²) in [6, 6.07) is 0. The van der Waals surface area contributed by atoms with Crippen LogP contribution in [0.1, 0.15) is 25.7 Å². The molecule has 2 aliphatic carbocycles. The van der Waals surface area contributed by atoms with Crippen molar-refractivity contribution in [3.8, 4) is 0 Å². The van der Waals surface area contributed by atoms with Gasteiger partial charge in [-0.25, -0.2) is 0 Å². The molecule has 1 heterocycles. The molecule has 4 nitrogen and oxygen atoms in total. The molecule has 4 heteroatoms. The van der Waals surface area contributed by atoms with E-state index >= 15 is 0 Å². The van der Waals surface area contributed by atoms with Gasteiger partial charge in [0.05, 0.1) is 13.1 Å². The minimum Gasteiger partial charge on any atom is -0.391 e. The fraction of sp³-hybridized carbons (Fsp3) is 0.818. The van der Waals surface area contributed by atoms with Crippen molar-refractivity contribution in [2.45, 2.75) is 25.7 Å². The van der Waals surface area contributed by atoms with Gasteiger partial charge in [-0.05, 0) is 37.0 Å². The number of esters is 2. The number of ether oxygens (including phenoxy) is 1. The highest BCUT2D eigenvalue weighted by atomic mass is 16.6. The number of nitrogens with zero attached hydrogens (tertiary/aromatic N) is 1. The first-order valence-electron chi connectivity index (χ1n) is 5.64. The Kier molecular flexibility index (Phi) is 1.89. The lowest BCUT2D eigenvalue weighted by Crippen LogP contribution is -2.45. The second-order valence-corrected chi connectivity index (χ2v) is 5.13. The van der Waals surface area contributed by atoms with Gasteiger partial charge in [-0.3, -0.25) is 14.5 Å². The zero-order chi connectivity index (χ0) is 10.5. The Balaban J connectivity index is 1.62. The summed E-state index contributed by atoms with van der Waals surface area (Å²) < 4.78 is 4.51. The Labute approximate surface area is 88.6 Å². The van der Waals surface area contributed by atoms with E-state index in [1.165, 1.54) is 25.7 Å². The highest BCUT2D eigenvalue weighted by molar-refractivity contribution is 5.90. The highest BCUT2D eigenvalue weighted by Gasteiger charge is 2.54. The van der Waals surface area contributed by atoms with Crippen molar-refractivity contribution in [1.29, 1.82) is 0 Å². The maximum absolute atomic E-state index is 11.1. The minimum absolute atomic E-state index is 0.292. The molecule has 82 valence electrons. The average molecular weight is 209 g/mol. The van der Waals surface area contributed by atoms with Gasteiger partial charge in [0, 0.05) is 6.54 Å². The van der Waals surface area contributed by atoms with Gasteiger partial charge < -0.3 is 4.74 Å². The van der Waals surface area contributed by atoms with Crippen molar-refractivity contribution in [3.63, 3.8) is 0 Å². The van der Waals surface area contributed by atoms with Gasteiger partial charge in [0.2, 0.25) is 0 Å². The van der Waals surface area contributed by atoms with Gasteiger partial charge in [-0.1, -0.05) is 0 Å². The standard InChI is InChI=1S/C11H15NO3/c13-9-5-12(6-10(14)15-9)7-11(3-4-11)8-1-2-8/h8H,1-7H2. The molecule has 1 saturated heterocycles. The second kappa shape index (κ2) is 3.04. The summed E-state index contributed by atoms with van der Waals surface area (Å²) in [5, 5.41) is 0. The first-order chi connectivity index (χ1) is 7.18. The number of hydrogen-bond acceptors (Lipinski definition) is 4. The van der Waals surface area contributed by atoms with E-state index in [9.17, 15) is 9.59 Å². The predicted octanol–water partition coefficient (Wildman–Crippen LogP) is 0.562. The van der Waals surface area contributed by atoms with Crippen molar-refractivity contribution in [2.75, 3.05) is 19.6 Å². The van der Waals surface area contributed by atoms with Gasteiger partial charge in [-0.15, -0.1) is 0 Å². The van der Waals surface area contributed by atoms with E-state index in [1.807, 2.05) is 4.90 Å². The van der Waals surface area contributed by atoms with Crippen LogP contribution in [0.25, 0.3) is 0 Å². The van der Waals surface area contributed by atoms with E-state index < -0.39 is 11.9 Å². The molecule has 3 rings (SSSR count). The van der Waals surface area contributed by atoms with Crippen LogP contribution in [0.2, 0.25) is 0 Å².